The Balaban J connectivity index is 1.97. The fraction of sp³-hybridized carbons (Fsp3) is 0.467. The second-order valence-corrected chi connectivity index (χ2v) is 4.96. The molecule has 0 unspecified atom stereocenters. The van der Waals surface area contributed by atoms with Gasteiger partial charge in [0, 0.05) is 18.7 Å². The van der Waals surface area contributed by atoms with Crippen molar-refractivity contribution in [1.82, 2.24) is 10.2 Å². The number of rotatable bonds is 4. The lowest BCUT2D eigenvalue weighted by molar-refractivity contribution is -0.131. The summed E-state index contributed by atoms with van der Waals surface area (Å²) >= 11 is 0. The molecule has 0 aromatic heterocycles. The molecule has 0 aliphatic carbocycles. The largest absolute Gasteiger partial charge is 0.497 e. The van der Waals surface area contributed by atoms with Gasteiger partial charge in [-0.15, -0.1) is 0 Å². The van der Waals surface area contributed by atoms with E-state index in [0.29, 0.717) is 11.3 Å². The van der Waals surface area contributed by atoms with Crippen molar-refractivity contribution in [2.45, 2.75) is 25.8 Å². The number of benzene rings is 1. The van der Waals surface area contributed by atoms with Crippen LogP contribution in [0.25, 0.3) is 0 Å². The van der Waals surface area contributed by atoms with Crippen molar-refractivity contribution < 1.29 is 14.3 Å². The van der Waals surface area contributed by atoms with Crippen molar-refractivity contribution in [1.29, 1.82) is 0 Å². The van der Waals surface area contributed by atoms with Crippen LogP contribution in [0.1, 0.15) is 30.1 Å². The Bertz CT molecular complexity index is 496. The summed E-state index contributed by atoms with van der Waals surface area (Å²) in [7, 11) is 1.55. The van der Waals surface area contributed by atoms with Gasteiger partial charge in [0.1, 0.15) is 11.8 Å². The van der Waals surface area contributed by atoms with Gasteiger partial charge in [0.2, 0.25) is 5.91 Å². The first kappa shape index (κ1) is 14.4. The molecule has 2 amide bonds. The second kappa shape index (κ2) is 6.41. The number of carbonyl (C=O) groups excluding carboxylic acids is 2. The molecule has 2 rings (SSSR count). The lowest BCUT2D eigenvalue weighted by Gasteiger charge is -2.21. The third kappa shape index (κ3) is 3.29. The number of nitrogens with zero attached hydrogens (tertiary/aromatic N) is 1. The zero-order valence-electron chi connectivity index (χ0n) is 11.9. The van der Waals surface area contributed by atoms with Gasteiger partial charge in [-0.2, -0.15) is 0 Å². The van der Waals surface area contributed by atoms with Crippen LogP contribution < -0.4 is 10.1 Å². The number of nitrogens with one attached hydrogen (secondary N) is 1. The molecule has 1 aliphatic rings. The van der Waals surface area contributed by atoms with E-state index in [1.807, 2.05) is 0 Å². The highest BCUT2D eigenvalue weighted by molar-refractivity contribution is 5.97. The molecule has 20 heavy (non-hydrogen) atoms. The van der Waals surface area contributed by atoms with E-state index < -0.39 is 6.04 Å². The van der Waals surface area contributed by atoms with E-state index in [4.69, 9.17) is 4.74 Å². The minimum absolute atomic E-state index is 0.0150. The van der Waals surface area contributed by atoms with E-state index in [-0.39, 0.29) is 11.8 Å². The first-order valence-electron chi connectivity index (χ1n) is 6.85. The van der Waals surface area contributed by atoms with Crippen molar-refractivity contribution in [3.05, 3.63) is 29.8 Å². The van der Waals surface area contributed by atoms with Gasteiger partial charge in [0.05, 0.1) is 7.11 Å². The monoisotopic (exact) mass is 276 g/mol. The summed E-state index contributed by atoms with van der Waals surface area (Å²) in [5.41, 5.74) is 0.491. The van der Waals surface area contributed by atoms with Crippen LogP contribution in [0.4, 0.5) is 0 Å². The van der Waals surface area contributed by atoms with Crippen molar-refractivity contribution in [3.63, 3.8) is 0 Å². The molecule has 1 N–H and O–H groups in total. The van der Waals surface area contributed by atoms with E-state index >= 15 is 0 Å². The van der Waals surface area contributed by atoms with Gasteiger partial charge < -0.3 is 15.0 Å². The van der Waals surface area contributed by atoms with Crippen LogP contribution in [0.15, 0.2) is 24.3 Å². The molecular formula is C15H20N2O3. The van der Waals surface area contributed by atoms with E-state index in [1.165, 1.54) is 0 Å². The minimum atomic E-state index is -0.508. The van der Waals surface area contributed by atoms with Crippen LogP contribution in [-0.4, -0.2) is 43.0 Å². The SMILES string of the molecule is COc1cccc(C(=O)N[C@@H](C)C(=O)N2CCCC2)c1. The normalized spacial score (nSPS) is 15.8. The number of ether oxygens (including phenoxy) is 1. The number of amides is 2. The molecular weight excluding hydrogens is 256 g/mol. The Hall–Kier alpha value is -2.04. The molecule has 1 atom stereocenters. The Morgan fingerprint density at radius 1 is 1.30 bits per heavy atom. The van der Waals surface area contributed by atoms with Gasteiger partial charge in [0.25, 0.3) is 5.91 Å². The Kier molecular flexibility index (Phi) is 4.61. The van der Waals surface area contributed by atoms with Gasteiger partial charge >= 0.3 is 0 Å². The van der Waals surface area contributed by atoms with Crippen molar-refractivity contribution in [2.24, 2.45) is 0 Å². The molecule has 1 aromatic rings. The number of hydrogen-bond acceptors (Lipinski definition) is 3. The van der Waals surface area contributed by atoms with Gasteiger partial charge in [-0.3, -0.25) is 9.59 Å². The van der Waals surface area contributed by atoms with Gasteiger partial charge in [0.15, 0.2) is 0 Å². The van der Waals surface area contributed by atoms with Crippen molar-refractivity contribution in [3.8, 4) is 5.75 Å². The van der Waals surface area contributed by atoms with Crippen LogP contribution in [0.3, 0.4) is 0 Å². The highest BCUT2D eigenvalue weighted by Crippen LogP contribution is 2.13. The second-order valence-electron chi connectivity index (χ2n) is 4.96. The van der Waals surface area contributed by atoms with Crippen LogP contribution in [0.2, 0.25) is 0 Å². The predicted molar refractivity (Wildman–Crippen MR) is 75.7 cm³/mol. The van der Waals surface area contributed by atoms with Crippen molar-refractivity contribution in [2.75, 3.05) is 20.2 Å². The highest BCUT2D eigenvalue weighted by Gasteiger charge is 2.24. The summed E-state index contributed by atoms with van der Waals surface area (Å²) in [5.74, 6) is 0.346. The average molecular weight is 276 g/mol. The molecule has 0 bridgehead atoms. The quantitative estimate of drug-likeness (QED) is 0.905. The molecule has 5 nitrogen and oxygen atoms in total. The van der Waals surface area contributed by atoms with Crippen LogP contribution >= 0.6 is 0 Å². The molecule has 0 spiro atoms. The highest BCUT2D eigenvalue weighted by atomic mass is 16.5. The zero-order chi connectivity index (χ0) is 14.5. The lowest BCUT2D eigenvalue weighted by Crippen LogP contribution is -2.45. The molecule has 1 saturated heterocycles. The van der Waals surface area contributed by atoms with Crippen LogP contribution in [-0.2, 0) is 4.79 Å². The number of likely N-dealkylation sites (tertiary alicyclic amines) is 1. The maximum absolute atomic E-state index is 12.1. The van der Waals surface area contributed by atoms with E-state index in [9.17, 15) is 9.59 Å². The summed E-state index contributed by atoms with van der Waals surface area (Å²) in [6, 6.07) is 6.37. The molecule has 0 saturated carbocycles. The van der Waals surface area contributed by atoms with Gasteiger partial charge in [-0.05, 0) is 38.0 Å². The van der Waals surface area contributed by atoms with Crippen molar-refractivity contribution >= 4 is 11.8 Å². The third-order valence-electron chi connectivity index (χ3n) is 3.47. The van der Waals surface area contributed by atoms with Crippen LogP contribution in [0.5, 0.6) is 5.75 Å². The molecule has 1 fully saturated rings. The summed E-state index contributed by atoms with van der Waals surface area (Å²) < 4.78 is 5.08. The number of carbonyl (C=O) groups is 2. The fourth-order valence-electron chi connectivity index (χ4n) is 2.32. The predicted octanol–water partition coefficient (Wildman–Crippen LogP) is 1.44. The van der Waals surface area contributed by atoms with Crippen LogP contribution in [0, 0.1) is 0 Å². The lowest BCUT2D eigenvalue weighted by atomic mass is 10.2. The minimum Gasteiger partial charge on any atom is -0.497 e. The smallest absolute Gasteiger partial charge is 0.252 e. The third-order valence-corrected chi connectivity index (χ3v) is 3.47. The molecule has 108 valence electrons. The Morgan fingerprint density at radius 3 is 2.65 bits per heavy atom. The van der Waals surface area contributed by atoms with E-state index in [2.05, 4.69) is 5.32 Å². The summed E-state index contributed by atoms with van der Waals surface area (Å²) in [6.07, 6.45) is 2.09. The van der Waals surface area contributed by atoms with Gasteiger partial charge in [-0.25, -0.2) is 0 Å². The standard InChI is InChI=1S/C15H20N2O3/c1-11(15(19)17-8-3-4-9-17)16-14(18)12-6-5-7-13(10-12)20-2/h5-7,10-11H,3-4,8-9H2,1-2H3,(H,16,18)/t11-/m0/s1. The van der Waals surface area contributed by atoms with E-state index in [0.717, 1.165) is 25.9 Å². The maximum Gasteiger partial charge on any atom is 0.252 e. The molecule has 1 aliphatic heterocycles. The first-order chi connectivity index (χ1) is 9.61. The first-order valence-corrected chi connectivity index (χ1v) is 6.85. The van der Waals surface area contributed by atoms with Gasteiger partial charge in [-0.1, -0.05) is 6.07 Å². The molecule has 5 heteroatoms. The number of methoxy groups -OCH3 is 1. The Labute approximate surface area is 118 Å². The molecule has 1 aromatic carbocycles. The molecule has 0 radical (unpaired) electrons. The maximum atomic E-state index is 12.1. The summed E-state index contributed by atoms with van der Waals surface area (Å²) in [4.78, 5) is 26.0. The fourth-order valence-corrected chi connectivity index (χ4v) is 2.32. The zero-order valence-corrected chi connectivity index (χ0v) is 11.9. The average Bonchev–Trinajstić information content (AvgIpc) is 3.00. The summed E-state index contributed by atoms with van der Waals surface area (Å²) in [6.45, 7) is 3.30. The number of hydrogen-bond donors (Lipinski definition) is 1. The summed E-state index contributed by atoms with van der Waals surface area (Å²) in [5, 5.41) is 2.74. The topological polar surface area (TPSA) is 58.6 Å². The molecule has 1 heterocycles. The Morgan fingerprint density at radius 2 is 2.00 bits per heavy atom. The van der Waals surface area contributed by atoms with E-state index in [1.54, 1.807) is 43.2 Å².